The van der Waals surface area contributed by atoms with Crippen LogP contribution in [-0.4, -0.2) is 41.4 Å². The highest BCUT2D eigenvalue weighted by molar-refractivity contribution is 5.92. The number of H-pyrrole nitrogens is 1. The van der Waals surface area contributed by atoms with E-state index in [0.29, 0.717) is 37.3 Å². The van der Waals surface area contributed by atoms with Crippen molar-refractivity contribution < 1.29 is 14.3 Å². The summed E-state index contributed by atoms with van der Waals surface area (Å²) in [5, 5.41) is 9.85. The van der Waals surface area contributed by atoms with Crippen LogP contribution in [0.3, 0.4) is 0 Å². The molecule has 3 rings (SSSR count). The van der Waals surface area contributed by atoms with E-state index in [0.717, 1.165) is 11.3 Å². The smallest absolute Gasteiger partial charge is 0.272 e. The summed E-state index contributed by atoms with van der Waals surface area (Å²) in [5.41, 5.74) is 2.27. The molecule has 0 spiro atoms. The number of pyridine rings is 1. The van der Waals surface area contributed by atoms with Gasteiger partial charge in [0.2, 0.25) is 5.88 Å². The summed E-state index contributed by atoms with van der Waals surface area (Å²) in [6, 6.07) is 5.51. The van der Waals surface area contributed by atoms with Crippen molar-refractivity contribution in [1.29, 1.82) is 0 Å². The quantitative estimate of drug-likeness (QED) is 0.723. The minimum absolute atomic E-state index is 0.208. The lowest BCUT2D eigenvalue weighted by atomic mass is 10.2. The van der Waals surface area contributed by atoms with Crippen molar-refractivity contribution in [1.82, 2.24) is 20.5 Å². The molecule has 1 aliphatic carbocycles. The van der Waals surface area contributed by atoms with Crippen LogP contribution in [-0.2, 0) is 11.3 Å². The first-order valence-corrected chi connectivity index (χ1v) is 7.67. The van der Waals surface area contributed by atoms with E-state index >= 15 is 0 Å². The molecule has 1 aliphatic rings. The van der Waals surface area contributed by atoms with Gasteiger partial charge in [-0.2, -0.15) is 5.10 Å². The van der Waals surface area contributed by atoms with Crippen LogP contribution < -0.4 is 10.1 Å². The first-order chi connectivity index (χ1) is 11.3. The molecule has 7 heteroatoms. The Balaban J connectivity index is 1.57. The monoisotopic (exact) mass is 316 g/mol. The van der Waals surface area contributed by atoms with Gasteiger partial charge >= 0.3 is 0 Å². The molecule has 0 radical (unpaired) electrons. The van der Waals surface area contributed by atoms with Crippen LogP contribution in [0.25, 0.3) is 0 Å². The van der Waals surface area contributed by atoms with E-state index in [9.17, 15) is 4.79 Å². The Kier molecular flexibility index (Phi) is 4.87. The molecule has 2 aromatic rings. The van der Waals surface area contributed by atoms with Gasteiger partial charge in [-0.25, -0.2) is 4.98 Å². The van der Waals surface area contributed by atoms with Crippen molar-refractivity contribution in [3.8, 4) is 5.88 Å². The molecule has 1 amide bonds. The Morgan fingerprint density at radius 3 is 3.09 bits per heavy atom. The number of ether oxygens (including phenoxy) is 2. The fourth-order valence-corrected chi connectivity index (χ4v) is 2.23. The van der Waals surface area contributed by atoms with Gasteiger partial charge in [0.1, 0.15) is 12.3 Å². The Morgan fingerprint density at radius 2 is 2.30 bits per heavy atom. The normalized spacial score (nSPS) is 13.8. The maximum atomic E-state index is 12.2. The third-order valence-corrected chi connectivity index (χ3v) is 3.66. The largest absolute Gasteiger partial charge is 0.475 e. The number of rotatable bonds is 8. The van der Waals surface area contributed by atoms with Gasteiger partial charge in [0.15, 0.2) is 0 Å². The van der Waals surface area contributed by atoms with Gasteiger partial charge in [0.05, 0.1) is 6.61 Å². The van der Waals surface area contributed by atoms with Crippen molar-refractivity contribution in [2.75, 3.05) is 20.3 Å². The predicted octanol–water partition coefficient (Wildman–Crippen LogP) is 1.64. The molecule has 7 nitrogen and oxygen atoms in total. The van der Waals surface area contributed by atoms with Gasteiger partial charge in [-0.05, 0) is 25.0 Å². The maximum Gasteiger partial charge on any atom is 0.272 e. The standard InChI is InChI=1S/C16H20N4O3/c1-22-7-8-23-16-12(3-2-6-17-16)10-18-15(21)14-9-13(19-20-14)11-4-5-11/h2-3,6,9,11H,4-5,7-8,10H2,1H3,(H,18,21)(H,19,20). The van der Waals surface area contributed by atoms with Crippen molar-refractivity contribution in [2.45, 2.75) is 25.3 Å². The molecule has 2 heterocycles. The number of carbonyl (C=O) groups is 1. The Morgan fingerprint density at radius 1 is 1.43 bits per heavy atom. The van der Waals surface area contributed by atoms with Gasteiger partial charge in [-0.1, -0.05) is 6.07 Å². The fraction of sp³-hybridized carbons (Fsp3) is 0.438. The van der Waals surface area contributed by atoms with E-state index in [4.69, 9.17) is 9.47 Å². The molecule has 0 saturated heterocycles. The number of nitrogens with zero attached hydrogens (tertiary/aromatic N) is 2. The van der Waals surface area contributed by atoms with Crippen molar-refractivity contribution in [3.05, 3.63) is 41.3 Å². The second kappa shape index (κ2) is 7.23. The lowest BCUT2D eigenvalue weighted by Crippen LogP contribution is -2.23. The van der Waals surface area contributed by atoms with Gasteiger partial charge in [-0.15, -0.1) is 0 Å². The molecule has 0 aromatic carbocycles. The zero-order chi connectivity index (χ0) is 16.1. The second-order valence-corrected chi connectivity index (χ2v) is 5.47. The summed E-state index contributed by atoms with van der Waals surface area (Å²) in [7, 11) is 1.61. The topological polar surface area (TPSA) is 89.1 Å². The molecule has 1 saturated carbocycles. The van der Waals surface area contributed by atoms with Crippen LogP contribution in [0.5, 0.6) is 5.88 Å². The molecule has 2 N–H and O–H groups in total. The summed E-state index contributed by atoms with van der Waals surface area (Å²) >= 11 is 0. The highest BCUT2D eigenvalue weighted by Crippen LogP contribution is 2.38. The van der Waals surface area contributed by atoms with Gasteiger partial charge < -0.3 is 14.8 Å². The molecule has 0 bridgehead atoms. The Labute approximate surface area is 134 Å². The number of aromatic amines is 1. The van der Waals surface area contributed by atoms with E-state index < -0.39 is 0 Å². The van der Waals surface area contributed by atoms with Crippen LogP contribution >= 0.6 is 0 Å². The van der Waals surface area contributed by atoms with E-state index in [1.807, 2.05) is 18.2 Å². The predicted molar refractivity (Wildman–Crippen MR) is 83.3 cm³/mol. The summed E-state index contributed by atoms with van der Waals surface area (Å²) in [6.07, 6.45) is 3.99. The minimum Gasteiger partial charge on any atom is -0.475 e. The SMILES string of the molecule is COCCOc1ncccc1CNC(=O)c1cc(C2CC2)[nH]n1. The van der Waals surface area contributed by atoms with Crippen molar-refractivity contribution >= 4 is 5.91 Å². The first kappa shape index (κ1) is 15.5. The number of hydrogen-bond acceptors (Lipinski definition) is 5. The summed E-state index contributed by atoms with van der Waals surface area (Å²) in [6.45, 7) is 1.23. The molecule has 0 atom stereocenters. The summed E-state index contributed by atoms with van der Waals surface area (Å²) < 4.78 is 10.5. The highest BCUT2D eigenvalue weighted by atomic mass is 16.5. The summed E-state index contributed by atoms with van der Waals surface area (Å²) in [4.78, 5) is 16.4. The molecular weight excluding hydrogens is 296 g/mol. The Hall–Kier alpha value is -2.41. The van der Waals surface area contributed by atoms with Gasteiger partial charge in [-0.3, -0.25) is 9.89 Å². The van der Waals surface area contributed by atoms with E-state index in [2.05, 4.69) is 20.5 Å². The number of methoxy groups -OCH3 is 1. The molecule has 0 aliphatic heterocycles. The van der Waals surface area contributed by atoms with Crippen molar-refractivity contribution in [2.24, 2.45) is 0 Å². The summed E-state index contributed by atoms with van der Waals surface area (Å²) in [5.74, 6) is 0.841. The molecule has 1 fully saturated rings. The van der Waals surface area contributed by atoms with E-state index in [-0.39, 0.29) is 5.91 Å². The molecular formula is C16H20N4O3. The van der Waals surface area contributed by atoms with Crippen LogP contribution in [0.2, 0.25) is 0 Å². The average Bonchev–Trinajstić information content (AvgIpc) is 3.31. The minimum atomic E-state index is -0.208. The number of nitrogens with one attached hydrogen (secondary N) is 2. The van der Waals surface area contributed by atoms with Crippen LogP contribution in [0, 0.1) is 0 Å². The lowest BCUT2D eigenvalue weighted by Gasteiger charge is -2.10. The zero-order valence-corrected chi connectivity index (χ0v) is 13.0. The lowest BCUT2D eigenvalue weighted by molar-refractivity contribution is 0.0945. The molecule has 122 valence electrons. The van der Waals surface area contributed by atoms with Crippen molar-refractivity contribution in [3.63, 3.8) is 0 Å². The number of amides is 1. The molecule has 2 aromatic heterocycles. The van der Waals surface area contributed by atoms with E-state index in [1.165, 1.54) is 12.8 Å². The van der Waals surface area contributed by atoms with Crippen LogP contribution in [0.1, 0.15) is 40.5 Å². The molecule has 0 unspecified atom stereocenters. The number of carbonyl (C=O) groups excluding carboxylic acids is 1. The van der Waals surface area contributed by atoms with Gasteiger partial charge in [0, 0.05) is 37.0 Å². The molecule has 23 heavy (non-hydrogen) atoms. The zero-order valence-electron chi connectivity index (χ0n) is 13.0. The maximum absolute atomic E-state index is 12.2. The van der Waals surface area contributed by atoms with Gasteiger partial charge in [0.25, 0.3) is 5.91 Å². The van der Waals surface area contributed by atoms with Crippen LogP contribution in [0.4, 0.5) is 0 Å². The fourth-order valence-electron chi connectivity index (χ4n) is 2.23. The highest BCUT2D eigenvalue weighted by Gasteiger charge is 2.26. The number of hydrogen-bond donors (Lipinski definition) is 2. The number of aromatic nitrogens is 3. The van der Waals surface area contributed by atoms with Crippen LogP contribution in [0.15, 0.2) is 24.4 Å². The average molecular weight is 316 g/mol. The van der Waals surface area contributed by atoms with E-state index in [1.54, 1.807) is 13.3 Å². The Bertz CT molecular complexity index is 667. The first-order valence-electron chi connectivity index (χ1n) is 7.67. The second-order valence-electron chi connectivity index (χ2n) is 5.47. The third kappa shape index (κ3) is 4.07. The third-order valence-electron chi connectivity index (χ3n) is 3.66.